The molecular formula is C19H32Cl2N2. The second-order valence-corrected chi connectivity index (χ2v) is 6.92. The summed E-state index contributed by atoms with van der Waals surface area (Å²) in [5.41, 5.74) is 4.57. The maximum absolute atomic E-state index is 3.51. The van der Waals surface area contributed by atoms with Crippen molar-refractivity contribution in [2.75, 3.05) is 26.2 Å². The number of aryl methyl sites for hydroxylation is 1. The molecule has 3 rings (SSSR count). The van der Waals surface area contributed by atoms with Crippen molar-refractivity contribution in [2.24, 2.45) is 5.92 Å². The molecule has 0 bridgehead atoms. The number of benzene rings is 1. The van der Waals surface area contributed by atoms with Gasteiger partial charge in [0.05, 0.1) is 0 Å². The molecule has 23 heavy (non-hydrogen) atoms. The first kappa shape index (κ1) is 20.8. The summed E-state index contributed by atoms with van der Waals surface area (Å²) in [5.74, 6) is 0.859. The normalized spacial score (nSPS) is 21.1. The summed E-state index contributed by atoms with van der Waals surface area (Å²) < 4.78 is 0. The Morgan fingerprint density at radius 1 is 1.00 bits per heavy atom. The van der Waals surface area contributed by atoms with Gasteiger partial charge in [-0.25, -0.2) is 0 Å². The number of nitrogens with zero attached hydrogens (tertiary/aromatic N) is 1. The Morgan fingerprint density at radius 3 is 2.30 bits per heavy atom. The zero-order valence-corrected chi connectivity index (χ0v) is 16.1. The molecule has 0 radical (unpaired) electrons. The highest BCUT2D eigenvalue weighted by Crippen LogP contribution is 2.40. The van der Waals surface area contributed by atoms with Crippen LogP contribution in [0.15, 0.2) is 18.2 Å². The van der Waals surface area contributed by atoms with Gasteiger partial charge >= 0.3 is 0 Å². The van der Waals surface area contributed by atoms with E-state index >= 15 is 0 Å². The van der Waals surface area contributed by atoms with Gasteiger partial charge in [-0.05, 0) is 49.3 Å². The first-order chi connectivity index (χ1) is 10.3. The predicted molar refractivity (Wildman–Crippen MR) is 104 cm³/mol. The average molecular weight is 359 g/mol. The van der Waals surface area contributed by atoms with Crippen molar-refractivity contribution >= 4 is 24.8 Å². The highest BCUT2D eigenvalue weighted by atomic mass is 35.5. The minimum atomic E-state index is 0. The van der Waals surface area contributed by atoms with Crippen LogP contribution in [0.3, 0.4) is 0 Å². The van der Waals surface area contributed by atoms with E-state index in [1.54, 1.807) is 5.56 Å². The number of hydrogen-bond acceptors (Lipinski definition) is 2. The second-order valence-electron chi connectivity index (χ2n) is 6.92. The van der Waals surface area contributed by atoms with E-state index in [2.05, 4.69) is 42.3 Å². The van der Waals surface area contributed by atoms with Gasteiger partial charge in [0, 0.05) is 32.2 Å². The predicted octanol–water partition coefficient (Wildman–Crippen LogP) is 4.67. The minimum Gasteiger partial charge on any atom is -0.314 e. The van der Waals surface area contributed by atoms with Gasteiger partial charge in [0.25, 0.3) is 0 Å². The molecule has 0 aromatic heterocycles. The maximum atomic E-state index is 3.51. The van der Waals surface area contributed by atoms with Crippen molar-refractivity contribution in [1.82, 2.24) is 10.2 Å². The van der Waals surface area contributed by atoms with E-state index in [-0.39, 0.29) is 24.8 Å². The Bertz CT molecular complexity index is 448. The lowest BCUT2D eigenvalue weighted by Gasteiger charge is -2.42. The zero-order valence-electron chi connectivity index (χ0n) is 14.5. The molecule has 1 N–H and O–H groups in total. The number of nitrogens with one attached hydrogen (secondary N) is 1. The van der Waals surface area contributed by atoms with Crippen LogP contribution in [0.5, 0.6) is 0 Å². The third-order valence-corrected chi connectivity index (χ3v) is 5.61. The van der Waals surface area contributed by atoms with Crippen molar-refractivity contribution in [3.63, 3.8) is 0 Å². The number of halogens is 2. The summed E-state index contributed by atoms with van der Waals surface area (Å²) in [5, 5.41) is 3.51. The van der Waals surface area contributed by atoms with E-state index in [0.717, 1.165) is 19.0 Å². The van der Waals surface area contributed by atoms with Crippen LogP contribution in [0.2, 0.25) is 0 Å². The zero-order chi connectivity index (χ0) is 14.7. The van der Waals surface area contributed by atoms with Crippen molar-refractivity contribution in [3.05, 3.63) is 34.9 Å². The third-order valence-electron chi connectivity index (χ3n) is 5.61. The first-order valence-electron chi connectivity index (χ1n) is 8.78. The van der Waals surface area contributed by atoms with Crippen LogP contribution in [0.1, 0.15) is 54.8 Å². The van der Waals surface area contributed by atoms with Gasteiger partial charge in [-0.3, -0.25) is 4.90 Å². The smallest absolute Gasteiger partial charge is 0.0380 e. The maximum Gasteiger partial charge on any atom is 0.0380 e. The molecule has 2 aliphatic rings. The van der Waals surface area contributed by atoms with Gasteiger partial charge in [-0.15, -0.1) is 24.8 Å². The van der Waals surface area contributed by atoms with Crippen molar-refractivity contribution in [3.8, 4) is 0 Å². The molecule has 1 heterocycles. The fraction of sp³-hybridized carbons (Fsp3) is 0.684. The molecule has 1 atom stereocenters. The molecule has 4 heteroatoms. The van der Waals surface area contributed by atoms with E-state index in [0.29, 0.717) is 6.04 Å². The van der Waals surface area contributed by atoms with Crippen molar-refractivity contribution < 1.29 is 0 Å². The summed E-state index contributed by atoms with van der Waals surface area (Å²) in [6.45, 7) is 9.28. The summed E-state index contributed by atoms with van der Waals surface area (Å²) in [7, 11) is 0. The standard InChI is InChI=1S/C19H30N2.2ClH/c1-15-7-6-10-18(16(15)2)19(17-8-4-3-5-9-17)21-13-11-20-12-14-21;;/h6-7,10,17,19-20H,3-5,8-9,11-14H2,1-2H3;2*1H/t19-;;/m1../s1. The minimum absolute atomic E-state index is 0. The first-order valence-corrected chi connectivity index (χ1v) is 8.78. The van der Waals surface area contributed by atoms with Crippen LogP contribution in [-0.4, -0.2) is 31.1 Å². The average Bonchev–Trinajstić information content (AvgIpc) is 2.54. The fourth-order valence-electron chi connectivity index (χ4n) is 4.25. The molecule has 1 aromatic carbocycles. The van der Waals surface area contributed by atoms with E-state index in [4.69, 9.17) is 0 Å². The van der Waals surface area contributed by atoms with Gasteiger partial charge in [-0.1, -0.05) is 37.5 Å². The van der Waals surface area contributed by atoms with E-state index in [1.165, 1.54) is 56.3 Å². The van der Waals surface area contributed by atoms with Crippen molar-refractivity contribution in [1.29, 1.82) is 0 Å². The number of rotatable bonds is 3. The molecule has 2 nitrogen and oxygen atoms in total. The molecule has 0 amide bonds. The topological polar surface area (TPSA) is 15.3 Å². The lowest BCUT2D eigenvalue weighted by molar-refractivity contribution is 0.103. The number of piperazine rings is 1. The monoisotopic (exact) mass is 358 g/mol. The third kappa shape index (κ3) is 4.85. The SMILES string of the molecule is Cc1cccc([C@@H](C2CCCCC2)N2CCNCC2)c1C.Cl.Cl. The van der Waals surface area contributed by atoms with Gasteiger partial charge in [-0.2, -0.15) is 0 Å². The molecular weight excluding hydrogens is 327 g/mol. The molecule has 2 fully saturated rings. The largest absolute Gasteiger partial charge is 0.314 e. The fourth-order valence-corrected chi connectivity index (χ4v) is 4.25. The van der Waals surface area contributed by atoms with Crippen LogP contribution in [0.25, 0.3) is 0 Å². The molecule has 1 aliphatic heterocycles. The highest BCUT2D eigenvalue weighted by molar-refractivity contribution is 5.85. The summed E-state index contributed by atoms with van der Waals surface area (Å²) in [4.78, 5) is 2.76. The Kier molecular flexibility index (Phi) is 8.92. The van der Waals surface area contributed by atoms with Gasteiger partial charge in [0.15, 0.2) is 0 Å². The molecule has 1 aromatic rings. The molecule has 1 saturated carbocycles. The molecule has 1 aliphatic carbocycles. The Hall–Kier alpha value is -0.280. The summed E-state index contributed by atoms with van der Waals surface area (Å²) in [6.07, 6.45) is 7.14. The summed E-state index contributed by atoms with van der Waals surface area (Å²) in [6, 6.07) is 7.56. The molecule has 132 valence electrons. The van der Waals surface area contributed by atoms with Crippen molar-refractivity contribution in [2.45, 2.75) is 52.0 Å². The van der Waals surface area contributed by atoms with E-state index in [9.17, 15) is 0 Å². The van der Waals surface area contributed by atoms with Crippen LogP contribution in [0, 0.1) is 19.8 Å². The van der Waals surface area contributed by atoms with Gasteiger partial charge < -0.3 is 5.32 Å². The van der Waals surface area contributed by atoms with Crippen LogP contribution in [-0.2, 0) is 0 Å². The molecule has 1 saturated heterocycles. The van der Waals surface area contributed by atoms with E-state index < -0.39 is 0 Å². The highest BCUT2D eigenvalue weighted by Gasteiger charge is 2.31. The lowest BCUT2D eigenvalue weighted by atomic mass is 9.78. The van der Waals surface area contributed by atoms with Crippen LogP contribution < -0.4 is 5.32 Å². The van der Waals surface area contributed by atoms with Gasteiger partial charge in [0.1, 0.15) is 0 Å². The Labute approximate surface area is 154 Å². The van der Waals surface area contributed by atoms with Crippen LogP contribution in [0.4, 0.5) is 0 Å². The second kappa shape index (κ2) is 9.88. The Balaban J connectivity index is 0.00000132. The quantitative estimate of drug-likeness (QED) is 0.843. The van der Waals surface area contributed by atoms with Gasteiger partial charge in [0.2, 0.25) is 0 Å². The summed E-state index contributed by atoms with van der Waals surface area (Å²) >= 11 is 0. The van der Waals surface area contributed by atoms with Crippen LogP contribution >= 0.6 is 24.8 Å². The number of hydrogen-bond donors (Lipinski definition) is 1. The lowest BCUT2D eigenvalue weighted by Crippen LogP contribution is -2.47. The molecule has 0 unspecified atom stereocenters. The van der Waals surface area contributed by atoms with E-state index in [1.807, 2.05) is 0 Å². The molecule has 0 spiro atoms. The Morgan fingerprint density at radius 2 is 1.65 bits per heavy atom.